The van der Waals surface area contributed by atoms with Crippen molar-refractivity contribution in [1.29, 1.82) is 0 Å². The second-order valence-corrected chi connectivity index (χ2v) is 6.72. The van der Waals surface area contributed by atoms with Gasteiger partial charge >= 0.3 is 0 Å². The standard InChI is InChI=1S/C17H16N2O2S2/c1-11-15(23-17(19-11)13-7-8-22-10-13)16(20)18-9-12-5-3-4-6-14(12)21-2/h3-8,10H,9H2,1-2H3,(H,18,20). The van der Waals surface area contributed by atoms with Crippen molar-refractivity contribution >= 4 is 28.6 Å². The van der Waals surface area contributed by atoms with Crippen LogP contribution in [0.1, 0.15) is 20.9 Å². The van der Waals surface area contributed by atoms with Gasteiger partial charge in [0, 0.05) is 23.1 Å². The maximum Gasteiger partial charge on any atom is 0.263 e. The molecule has 3 rings (SSSR count). The van der Waals surface area contributed by atoms with Crippen molar-refractivity contribution in [3.63, 3.8) is 0 Å². The number of carbonyl (C=O) groups excluding carboxylic acids is 1. The molecular formula is C17H16N2O2S2. The van der Waals surface area contributed by atoms with Crippen LogP contribution in [0.2, 0.25) is 0 Å². The Morgan fingerprint density at radius 3 is 2.87 bits per heavy atom. The third-order valence-corrected chi connectivity index (χ3v) is 5.29. The highest BCUT2D eigenvalue weighted by Gasteiger charge is 2.16. The number of carbonyl (C=O) groups is 1. The van der Waals surface area contributed by atoms with Gasteiger partial charge in [-0.25, -0.2) is 4.98 Å². The molecule has 0 aliphatic rings. The summed E-state index contributed by atoms with van der Waals surface area (Å²) in [5, 5.41) is 7.87. The number of benzene rings is 1. The molecule has 0 fully saturated rings. The normalized spacial score (nSPS) is 10.5. The molecule has 1 aromatic carbocycles. The van der Waals surface area contributed by atoms with Gasteiger partial charge in [-0.3, -0.25) is 4.79 Å². The average Bonchev–Trinajstić information content (AvgIpc) is 3.22. The predicted octanol–water partition coefficient (Wildman–Crippen LogP) is 4.12. The molecule has 0 atom stereocenters. The molecule has 0 spiro atoms. The van der Waals surface area contributed by atoms with E-state index in [-0.39, 0.29) is 5.91 Å². The molecule has 6 heteroatoms. The van der Waals surface area contributed by atoms with Crippen LogP contribution in [0.15, 0.2) is 41.1 Å². The molecule has 4 nitrogen and oxygen atoms in total. The minimum absolute atomic E-state index is 0.104. The first-order valence-corrected chi connectivity index (χ1v) is 8.85. The van der Waals surface area contributed by atoms with Crippen molar-refractivity contribution in [1.82, 2.24) is 10.3 Å². The fraction of sp³-hybridized carbons (Fsp3) is 0.176. The van der Waals surface area contributed by atoms with Gasteiger partial charge in [0.05, 0.1) is 12.8 Å². The van der Waals surface area contributed by atoms with Crippen LogP contribution in [0.4, 0.5) is 0 Å². The third-order valence-electron chi connectivity index (χ3n) is 3.40. The summed E-state index contributed by atoms with van der Waals surface area (Å²) in [6, 6.07) is 9.67. The minimum atomic E-state index is -0.104. The molecule has 118 valence electrons. The van der Waals surface area contributed by atoms with E-state index in [9.17, 15) is 4.79 Å². The lowest BCUT2D eigenvalue weighted by Crippen LogP contribution is -2.22. The van der Waals surface area contributed by atoms with Gasteiger partial charge < -0.3 is 10.1 Å². The Kier molecular flexibility index (Phi) is 4.73. The number of rotatable bonds is 5. The molecule has 1 amide bonds. The van der Waals surface area contributed by atoms with Crippen molar-refractivity contribution < 1.29 is 9.53 Å². The summed E-state index contributed by atoms with van der Waals surface area (Å²) in [5.74, 6) is 0.667. The van der Waals surface area contributed by atoms with Gasteiger partial charge in [0.1, 0.15) is 15.6 Å². The highest BCUT2D eigenvalue weighted by Crippen LogP contribution is 2.29. The van der Waals surface area contributed by atoms with E-state index in [4.69, 9.17) is 4.74 Å². The van der Waals surface area contributed by atoms with Crippen LogP contribution in [0.3, 0.4) is 0 Å². The number of aromatic nitrogens is 1. The molecule has 2 aromatic heterocycles. The fourth-order valence-electron chi connectivity index (χ4n) is 2.22. The van der Waals surface area contributed by atoms with E-state index in [2.05, 4.69) is 10.3 Å². The van der Waals surface area contributed by atoms with Crippen LogP contribution >= 0.6 is 22.7 Å². The van der Waals surface area contributed by atoms with E-state index in [0.29, 0.717) is 11.4 Å². The zero-order valence-electron chi connectivity index (χ0n) is 12.8. The summed E-state index contributed by atoms with van der Waals surface area (Å²) in [5.41, 5.74) is 2.77. The lowest BCUT2D eigenvalue weighted by Gasteiger charge is -2.09. The summed E-state index contributed by atoms with van der Waals surface area (Å²) >= 11 is 3.04. The summed E-state index contributed by atoms with van der Waals surface area (Å²) < 4.78 is 5.30. The number of nitrogens with one attached hydrogen (secondary N) is 1. The zero-order chi connectivity index (χ0) is 16.2. The maximum atomic E-state index is 12.4. The number of amides is 1. The Labute approximate surface area is 142 Å². The lowest BCUT2D eigenvalue weighted by atomic mass is 10.2. The second kappa shape index (κ2) is 6.93. The number of aryl methyl sites for hydroxylation is 1. The number of nitrogens with zero attached hydrogens (tertiary/aromatic N) is 1. The summed E-state index contributed by atoms with van der Waals surface area (Å²) in [6.07, 6.45) is 0. The highest BCUT2D eigenvalue weighted by atomic mass is 32.1. The van der Waals surface area contributed by atoms with Gasteiger partial charge in [0.15, 0.2) is 0 Å². The van der Waals surface area contributed by atoms with E-state index >= 15 is 0 Å². The van der Waals surface area contributed by atoms with Gasteiger partial charge in [-0.05, 0) is 24.4 Å². The number of para-hydroxylation sites is 1. The van der Waals surface area contributed by atoms with E-state index < -0.39 is 0 Å². The Morgan fingerprint density at radius 2 is 2.13 bits per heavy atom. The van der Waals surface area contributed by atoms with Crippen LogP contribution in [0.25, 0.3) is 10.6 Å². The van der Waals surface area contributed by atoms with Gasteiger partial charge in [-0.2, -0.15) is 11.3 Å². The van der Waals surface area contributed by atoms with Gasteiger partial charge in [-0.1, -0.05) is 18.2 Å². The summed E-state index contributed by atoms with van der Waals surface area (Å²) in [4.78, 5) is 17.6. The minimum Gasteiger partial charge on any atom is -0.496 e. The van der Waals surface area contributed by atoms with Crippen LogP contribution in [-0.2, 0) is 6.54 Å². The topological polar surface area (TPSA) is 51.2 Å². The first-order valence-electron chi connectivity index (χ1n) is 7.09. The summed E-state index contributed by atoms with van der Waals surface area (Å²) in [6.45, 7) is 2.29. The SMILES string of the molecule is COc1ccccc1CNC(=O)c1sc(-c2ccsc2)nc1C. The number of hydrogen-bond acceptors (Lipinski definition) is 5. The van der Waals surface area contributed by atoms with Crippen LogP contribution in [0, 0.1) is 6.92 Å². The molecular weight excluding hydrogens is 328 g/mol. The van der Waals surface area contributed by atoms with Crippen molar-refractivity contribution in [2.45, 2.75) is 13.5 Å². The first-order chi connectivity index (χ1) is 11.2. The maximum absolute atomic E-state index is 12.4. The molecule has 23 heavy (non-hydrogen) atoms. The quantitative estimate of drug-likeness (QED) is 0.757. The third kappa shape index (κ3) is 3.43. The molecule has 0 radical (unpaired) electrons. The number of thiophene rings is 1. The van der Waals surface area contributed by atoms with Gasteiger partial charge in [0.25, 0.3) is 5.91 Å². The molecule has 0 aliphatic carbocycles. The zero-order valence-corrected chi connectivity index (χ0v) is 14.5. The molecule has 0 unspecified atom stereocenters. The lowest BCUT2D eigenvalue weighted by molar-refractivity contribution is 0.0954. The van der Waals surface area contributed by atoms with Crippen molar-refractivity contribution in [3.8, 4) is 16.3 Å². The second-order valence-electron chi connectivity index (χ2n) is 4.94. The smallest absolute Gasteiger partial charge is 0.263 e. The number of thiazole rings is 1. The molecule has 2 heterocycles. The van der Waals surface area contributed by atoms with E-state index in [0.717, 1.165) is 27.6 Å². The monoisotopic (exact) mass is 344 g/mol. The Bertz CT molecular complexity index is 810. The number of ether oxygens (including phenoxy) is 1. The largest absolute Gasteiger partial charge is 0.496 e. The highest BCUT2D eigenvalue weighted by molar-refractivity contribution is 7.17. The summed E-state index contributed by atoms with van der Waals surface area (Å²) in [7, 11) is 1.63. The Hall–Kier alpha value is -2.18. The Morgan fingerprint density at radius 1 is 1.30 bits per heavy atom. The number of hydrogen-bond donors (Lipinski definition) is 1. The number of methoxy groups -OCH3 is 1. The molecule has 0 saturated carbocycles. The van der Waals surface area contributed by atoms with Crippen LogP contribution in [-0.4, -0.2) is 18.0 Å². The molecule has 0 saturated heterocycles. The van der Waals surface area contributed by atoms with E-state index in [1.165, 1.54) is 11.3 Å². The van der Waals surface area contributed by atoms with Gasteiger partial charge in [-0.15, -0.1) is 11.3 Å². The molecule has 1 N–H and O–H groups in total. The van der Waals surface area contributed by atoms with Crippen LogP contribution < -0.4 is 10.1 Å². The van der Waals surface area contributed by atoms with Crippen molar-refractivity contribution in [2.75, 3.05) is 7.11 Å². The first kappa shape index (κ1) is 15.7. The van der Waals surface area contributed by atoms with E-state index in [1.807, 2.05) is 48.0 Å². The molecule has 0 aliphatic heterocycles. The molecule has 3 aromatic rings. The molecule has 0 bridgehead atoms. The fourth-order valence-corrected chi connectivity index (χ4v) is 3.92. The van der Waals surface area contributed by atoms with Crippen LogP contribution in [0.5, 0.6) is 5.75 Å². The van der Waals surface area contributed by atoms with Crippen molar-refractivity contribution in [2.24, 2.45) is 0 Å². The van der Waals surface area contributed by atoms with Gasteiger partial charge in [0.2, 0.25) is 0 Å². The predicted molar refractivity (Wildman–Crippen MR) is 94.3 cm³/mol. The average molecular weight is 344 g/mol. The van der Waals surface area contributed by atoms with Crippen molar-refractivity contribution in [3.05, 3.63) is 57.2 Å². The van der Waals surface area contributed by atoms with E-state index in [1.54, 1.807) is 18.4 Å². The Balaban J connectivity index is 1.74.